The summed E-state index contributed by atoms with van der Waals surface area (Å²) in [6, 6.07) is 17.5. The minimum Gasteiger partial charge on any atom is -0.326 e. The molecule has 5 heteroatoms. The van der Waals surface area contributed by atoms with Crippen LogP contribution in [0.3, 0.4) is 0 Å². The third-order valence-electron chi connectivity index (χ3n) is 3.91. The van der Waals surface area contributed by atoms with E-state index in [9.17, 15) is 9.59 Å². The average molecular weight is 351 g/mol. The molecule has 0 radical (unpaired) electrons. The standard InChI is InChI=1S/C21H25N3O2/c1-3-18(15-17-7-5-4-6-8-17)23-24-21(26)14-13-20(25)22-19-11-9-16(2)10-12-19/h4-12H,3,13-15H2,1-2H3,(H,22,25)(H,24,26)/b23-18-. The highest BCUT2D eigenvalue weighted by atomic mass is 16.2. The van der Waals surface area contributed by atoms with E-state index in [1.54, 1.807) is 0 Å². The lowest BCUT2D eigenvalue weighted by atomic mass is 10.1. The van der Waals surface area contributed by atoms with E-state index < -0.39 is 0 Å². The smallest absolute Gasteiger partial charge is 0.240 e. The van der Waals surface area contributed by atoms with Gasteiger partial charge in [-0.1, -0.05) is 55.0 Å². The van der Waals surface area contributed by atoms with Gasteiger partial charge in [-0.3, -0.25) is 9.59 Å². The normalized spacial score (nSPS) is 11.1. The van der Waals surface area contributed by atoms with Crippen LogP contribution in [0.25, 0.3) is 0 Å². The molecule has 0 saturated heterocycles. The maximum atomic E-state index is 11.9. The van der Waals surface area contributed by atoms with Gasteiger partial charge in [-0.2, -0.15) is 5.10 Å². The zero-order valence-corrected chi connectivity index (χ0v) is 15.3. The van der Waals surface area contributed by atoms with Crippen LogP contribution in [0.15, 0.2) is 59.7 Å². The molecule has 0 aliphatic rings. The summed E-state index contributed by atoms with van der Waals surface area (Å²) in [6.07, 6.45) is 1.67. The van der Waals surface area contributed by atoms with Crippen LogP contribution in [-0.2, 0) is 16.0 Å². The SMILES string of the molecule is CC/C(Cc1ccccc1)=N/NC(=O)CCC(=O)Nc1ccc(C)cc1. The number of aryl methyl sites for hydroxylation is 1. The van der Waals surface area contributed by atoms with E-state index in [2.05, 4.69) is 15.8 Å². The molecule has 0 bridgehead atoms. The second kappa shape index (κ2) is 10.1. The molecule has 5 nitrogen and oxygen atoms in total. The van der Waals surface area contributed by atoms with Crippen LogP contribution < -0.4 is 10.7 Å². The van der Waals surface area contributed by atoms with Crippen LogP contribution in [0, 0.1) is 6.92 Å². The molecule has 0 aliphatic heterocycles. The van der Waals surface area contributed by atoms with Crippen molar-refractivity contribution in [3.63, 3.8) is 0 Å². The van der Waals surface area contributed by atoms with Crippen LogP contribution in [0.1, 0.15) is 37.3 Å². The summed E-state index contributed by atoms with van der Waals surface area (Å²) in [5.41, 5.74) is 6.46. The number of hydrazone groups is 1. The summed E-state index contributed by atoms with van der Waals surface area (Å²) in [5.74, 6) is -0.448. The van der Waals surface area contributed by atoms with Crippen molar-refractivity contribution in [1.29, 1.82) is 0 Å². The van der Waals surface area contributed by atoms with Crippen molar-refractivity contribution in [2.75, 3.05) is 5.32 Å². The van der Waals surface area contributed by atoms with Crippen molar-refractivity contribution in [3.8, 4) is 0 Å². The fourth-order valence-electron chi connectivity index (χ4n) is 2.36. The first-order valence-corrected chi connectivity index (χ1v) is 8.81. The third kappa shape index (κ3) is 6.89. The van der Waals surface area contributed by atoms with E-state index in [1.807, 2.05) is 68.4 Å². The van der Waals surface area contributed by atoms with Gasteiger partial charge in [-0.15, -0.1) is 0 Å². The van der Waals surface area contributed by atoms with Gasteiger partial charge in [-0.25, -0.2) is 5.43 Å². The Labute approximate surface area is 154 Å². The molecule has 0 aliphatic carbocycles. The molecule has 0 unspecified atom stereocenters. The van der Waals surface area contributed by atoms with Crippen molar-refractivity contribution in [2.45, 2.75) is 39.5 Å². The molecule has 0 atom stereocenters. The number of carbonyl (C=O) groups is 2. The van der Waals surface area contributed by atoms with Gasteiger partial charge in [0.15, 0.2) is 0 Å². The molecule has 2 rings (SSSR count). The Kier molecular flexibility index (Phi) is 7.55. The predicted octanol–water partition coefficient (Wildman–Crippen LogP) is 3.84. The van der Waals surface area contributed by atoms with E-state index in [-0.39, 0.29) is 24.7 Å². The van der Waals surface area contributed by atoms with Gasteiger partial charge in [0.05, 0.1) is 0 Å². The molecule has 2 N–H and O–H groups in total. The van der Waals surface area contributed by atoms with Crippen molar-refractivity contribution in [2.24, 2.45) is 5.10 Å². The van der Waals surface area contributed by atoms with Gasteiger partial charge in [0.1, 0.15) is 0 Å². The average Bonchev–Trinajstić information content (AvgIpc) is 2.66. The number of benzene rings is 2. The van der Waals surface area contributed by atoms with Crippen molar-refractivity contribution in [1.82, 2.24) is 5.43 Å². The molecule has 2 aromatic carbocycles. The third-order valence-corrected chi connectivity index (χ3v) is 3.91. The molecule has 0 spiro atoms. The Morgan fingerprint density at radius 2 is 1.58 bits per heavy atom. The van der Waals surface area contributed by atoms with Crippen LogP contribution in [-0.4, -0.2) is 17.5 Å². The molecule has 136 valence electrons. The quantitative estimate of drug-likeness (QED) is 0.560. The maximum Gasteiger partial charge on any atom is 0.240 e. The highest BCUT2D eigenvalue weighted by Gasteiger charge is 2.07. The number of anilines is 1. The van der Waals surface area contributed by atoms with Gasteiger partial charge in [0, 0.05) is 30.7 Å². The molecule has 2 aromatic rings. The van der Waals surface area contributed by atoms with E-state index in [0.717, 1.165) is 28.9 Å². The zero-order valence-electron chi connectivity index (χ0n) is 15.3. The zero-order chi connectivity index (χ0) is 18.8. The van der Waals surface area contributed by atoms with Crippen molar-refractivity contribution in [3.05, 3.63) is 65.7 Å². The number of carbonyl (C=O) groups excluding carboxylic acids is 2. The topological polar surface area (TPSA) is 70.6 Å². The molecular weight excluding hydrogens is 326 g/mol. The number of hydrogen-bond donors (Lipinski definition) is 2. The van der Waals surface area contributed by atoms with Gasteiger partial charge < -0.3 is 5.32 Å². The van der Waals surface area contributed by atoms with Crippen molar-refractivity contribution < 1.29 is 9.59 Å². The maximum absolute atomic E-state index is 11.9. The predicted molar refractivity (Wildman–Crippen MR) is 105 cm³/mol. The molecule has 0 heterocycles. The summed E-state index contributed by atoms with van der Waals surface area (Å²) >= 11 is 0. The van der Waals surface area contributed by atoms with Gasteiger partial charge in [0.25, 0.3) is 0 Å². The number of nitrogens with zero attached hydrogens (tertiary/aromatic N) is 1. The molecular formula is C21H25N3O2. The van der Waals surface area contributed by atoms with Crippen LogP contribution in [0.5, 0.6) is 0 Å². The fourth-order valence-corrected chi connectivity index (χ4v) is 2.36. The van der Waals surface area contributed by atoms with Crippen LogP contribution >= 0.6 is 0 Å². The van der Waals surface area contributed by atoms with Gasteiger partial charge in [-0.05, 0) is 31.0 Å². The largest absolute Gasteiger partial charge is 0.326 e. The Morgan fingerprint density at radius 3 is 2.23 bits per heavy atom. The number of hydrogen-bond acceptors (Lipinski definition) is 3. The first-order valence-electron chi connectivity index (χ1n) is 8.81. The summed E-state index contributed by atoms with van der Waals surface area (Å²) in [6.45, 7) is 3.99. The van der Waals surface area contributed by atoms with E-state index in [4.69, 9.17) is 0 Å². The van der Waals surface area contributed by atoms with Crippen molar-refractivity contribution >= 4 is 23.2 Å². The Morgan fingerprint density at radius 1 is 0.923 bits per heavy atom. The summed E-state index contributed by atoms with van der Waals surface area (Å²) in [7, 11) is 0. The van der Waals surface area contributed by atoms with Gasteiger partial charge in [0.2, 0.25) is 11.8 Å². The lowest BCUT2D eigenvalue weighted by molar-refractivity contribution is -0.124. The summed E-state index contributed by atoms with van der Waals surface area (Å²) in [4.78, 5) is 23.8. The first kappa shape index (κ1) is 19.4. The van der Waals surface area contributed by atoms with E-state index in [1.165, 1.54) is 0 Å². The van der Waals surface area contributed by atoms with Gasteiger partial charge >= 0.3 is 0 Å². The first-order chi connectivity index (χ1) is 12.6. The number of nitrogens with one attached hydrogen (secondary N) is 2. The van der Waals surface area contributed by atoms with E-state index in [0.29, 0.717) is 6.42 Å². The Balaban J connectivity index is 1.76. The lowest BCUT2D eigenvalue weighted by Gasteiger charge is -2.07. The Bertz CT molecular complexity index is 753. The molecule has 26 heavy (non-hydrogen) atoms. The number of amides is 2. The monoisotopic (exact) mass is 351 g/mol. The summed E-state index contributed by atoms with van der Waals surface area (Å²) < 4.78 is 0. The number of rotatable bonds is 8. The Hall–Kier alpha value is -2.95. The minimum absolute atomic E-state index is 0.101. The lowest BCUT2D eigenvalue weighted by Crippen LogP contribution is -2.22. The molecule has 0 aromatic heterocycles. The molecule has 0 fully saturated rings. The highest BCUT2D eigenvalue weighted by Crippen LogP contribution is 2.09. The minimum atomic E-state index is -0.261. The molecule has 0 saturated carbocycles. The second-order valence-corrected chi connectivity index (χ2v) is 6.14. The van der Waals surface area contributed by atoms with E-state index >= 15 is 0 Å². The fraction of sp³-hybridized carbons (Fsp3) is 0.286. The van der Waals surface area contributed by atoms with Crippen LogP contribution in [0.4, 0.5) is 5.69 Å². The second-order valence-electron chi connectivity index (χ2n) is 6.14. The highest BCUT2D eigenvalue weighted by molar-refractivity contribution is 5.93. The summed E-state index contributed by atoms with van der Waals surface area (Å²) in [5, 5.41) is 6.97. The van der Waals surface area contributed by atoms with Crippen LogP contribution in [0.2, 0.25) is 0 Å². The molecule has 2 amide bonds.